The van der Waals surface area contributed by atoms with Gasteiger partial charge >= 0.3 is 0 Å². The molecular weight excluding hydrogens is 288 g/mol. The van der Waals surface area contributed by atoms with Crippen molar-refractivity contribution in [2.75, 3.05) is 18.2 Å². The number of rotatable bonds is 4. The Labute approximate surface area is 136 Å². The van der Waals surface area contributed by atoms with E-state index in [2.05, 4.69) is 5.32 Å². The maximum atomic E-state index is 12.1. The first-order valence-corrected chi connectivity index (χ1v) is 7.64. The molecule has 4 nitrogen and oxygen atoms in total. The minimum atomic E-state index is 0.126. The molecule has 0 saturated heterocycles. The number of carbonyl (C=O) groups is 1. The van der Waals surface area contributed by atoms with Crippen LogP contribution in [0.5, 0.6) is 5.75 Å². The van der Waals surface area contributed by atoms with Crippen LogP contribution in [0.25, 0.3) is 0 Å². The molecule has 1 unspecified atom stereocenters. The summed E-state index contributed by atoms with van der Waals surface area (Å²) in [6.07, 6.45) is 2.97. The number of ketones is 1. The lowest BCUT2D eigenvalue weighted by Gasteiger charge is -2.24. The Morgan fingerprint density at radius 2 is 1.96 bits per heavy atom. The van der Waals surface area contributed by atoms with E-state index in [1.807, 2.05) is 48.5 Å². The van der Waals surface area contributed by atoms with Crippen molar-refractivity contribution in [1.82, 2.24) is 0 Å². The molecule has 0 aromatic heterocycles. The standard InChI is InChI=1S/C19H20N2O2/c1-23-17-6-4-5-13(11-17)14-9-15(12-16(22)10-14)21-19-8-3-2-7-18(19)20/h2-8,11-12,14,21H,9-10,20H2,1H3. The number of benzene rings is 2. The number of nitrogens with one attached hydrogen (secondary N) is 1. The van der Waals surface area contributed by atoms with Gasteiger partial charge in [0.1, 0.15) is 5.75 Å². The average Bonchev–Trinajstić information content (AvgIpc) is 2.56. The second kappa shape index (κ2) is 6.57. The fourth-order valence-corrected chi connectivity index (χ4v) is 2.89. The van der Waals surface area contributed by atoms with E-state index in [0.29, 0.717) is 12.1 Å². The predicted molar refractivity (Wildman–Crippen MR) is 92.5 cm³/mol. The molecule has 23 heavy (non-hydrogen) atoms. The molecule has 0 heterocycles. The van der Waals surface area contributed by atoms with Gasteiger partial charge in [0.05, 0.1) is 18.5 Å². The molecule has 118 valence electrons. The number of carbonyl (C=O) groups excluding carboxylic acids is 1. The van der Waals surface area contributed by atoms with Crippen molar-refractivity contribution in [3.8, 4) is 5.75 Å². The molecule has 1 aliphatic rings. The molecule has 0 bridgehead atoms. The van der Waals surface area contributed by atoms with Gasteiger partial charge < -0.3 is 15.8 Å². The zero-order chi connectivity index (χ0) is 16.2. The highest BCUT2D eigenvalue weighted by Gasteiger charge is 2.23. The van der Waals surface area contributed by atoms with E-state index in [-0.39, 0.29) is 11.7 Å². The molecule has 4 heteroatoms. The van der Waals surface area contributed by atoms with Crippen molar-refractivity contribution in [3.63, 3.8) is 0 Å². The number of hydrogen-bond acceptors (Lipinski definition) is 4. The highest BCUT2D eigenvalue weighted by atomic mass is 16.5. The van der Waals surface area contributed by atoms with E-state index in [9.17, 15) is 4.79 Å². The number of ether oxygens (including phenoxy) is 1. The van der Waals surface area contributed by atoms with E-state index in [4.69, 9.17) is 10.5 Å². The van der Waals surface area contributed by atoms with Crippen LogP contribution in [0.3, 0.4) is 0 Å². The topological polar surface area (TPSA) is 64.3 Å². The second-order valence-electron chi connectivity index (χ2n) is 5.73. The summed E-state index contributed by atoms with van der Waals surface area (Å²) in [6, 6.07) is 15.5. The normalized spacial score (nSPS) is 17.5. The number of anilines is 2. The molecule has 2 aromatic carbocycles. The average molecular weight is 308 g/mol. The maximum Gasteiger partial charge on any atom is 0.158 e. The van der Waals surface area contributed by atoms with Crippen LogP contribution in [0.4, 0.5) is 11.4 Å². The Morgan fingerprint density at radius 3 is 2.74 bits per heavy atom. The number of methoxy groups -OCH3 is 1. The molecule has 2 aromatic rings. The summed E-state index contributed by atoms with van der Waals surface area (Å²) < 4.78 is 5.28. The first-order valence-electron chi connectivity index (χ1n) is 7.64. The zero-order valence-electron chi connectivity index (χ0n) is 13.1. The summed E-state index contributed by atoms with van der Waals surface area (Å²) >= 11 is 0. The lowest BCUT2D eigenvalue weighted by atomic mass is 9.85. The van der Waals surface area contributed by atoms with E-state index in [1.165, 1.54) is 0 Å². The molecule has 1 atom stereocenters. The summed E-state index contributed by atoms with van der Waals surface area (Å²) in [7, 11) is 1.65. The van der Waals surface area contributed by atoms with Gasteiger partial charge in [0.2, 0.25) is 0 Å². The van der Waals surface area contributed by atoms with Crippen LogP contribution in [-0.2, 0) is 4.79 Å². The van der Waals surface area contributed by atoms with Crippen molar-refractivity contribution in [1.29, 1.82) is 0 Å². The summed E-state index contributed by atoms with van der Waals surface area (Å²) in [5, 5.41) is 3.29. The van der Waals surface area contributed by atoms with E-state index in [1.54, 1.807) is 13.2 Å². The number of hydrogen-bond donors (Lipinski definition) is 2. The largest absolute Gasteiger partial charge is 0.497 e. The lowest BCUT2D eigenvalue weighted by molar-refractivity contribution is -0.115. The van der Waals surface area contributed by atoms with E-state index >= 15 is 0 Å². The molecule has 3 rings (SSSR count). The van der Waals surface area contributed by atoms with Gasteiger partial charge in [-0.3, -0.25) is 4.79 Å². The summed E-state index contributed by atoms with van der Waals surface area (Å²) in [5.41, 5.74) is 9.48. The van der Waals surface area contributed by atoms with Gasteiger partial charge in [0, 0.05) is 18.2 Å². The molecule has 0 saturated carbocycles. The number of allylic oxidation sites excluding steroid dienone is 2. The van der Waals surface area contributed by atoms with Gasteiger partial charge in [0.15, 0.2) is 5.78 Å². The molecule has 0 radical (unpaired) electrons. The monoisotopic (exact) mass is 308 g/mol. The van der Waals surface area contributed by atoms with Crippen molar-refractivity contribution in [2.45, 2.75) is 18.8 Å². The van der Waals surface area contributed by atoms with Crippen molar-refractivity contribution in [3.05, 3.63) is 65.9 Å². The Balaban J connectivity index is 1.81. The predicted octanol–water partition coefficient (Wildman–Crippen LogP) is 3.72. The van der Waals surface area contributed by atoms with Gasteiger partial charge in [-0.25, -0.2) is 0 Å². The van der Waals surface area contributed by atoms with Gasteiger partial charge in [-0.05, 0) is 42.2 Å². The molecule has 0 fully saturated rings. The minimum Gasteiger partial charge on any atom is -0.497 e. The molecular formula is C19H20N2O2. The first kappa shape index (κ1) is 15.2. The summed E-state index contributed by atoms with van der Waals surface area (Å²) in [4.78, 5) is 12.1. The summed E-state index contributed by atoms with van der Waals surface area (Å²) in [5.74, 6) is 1.09. The Kier molecular flexibility index (Phi) is 4.33. The molecule has 0 aliphatic heterocycles. The van der Waals surface area contributed by atoms with Crippen molar-refractivity contribution in [2.24, 2.45) is 0 Å². The Bertz CT molecular complexity index is 753. The van der Waals surface area contributed by atoms with Gasteiger partial charge in [-0.1, -0.05) is 24.3 Å². The second-order valence-corrected chi connectivity index (χ2v) is 5.73. The van der Waals surface area contributed by atoms with Crippen LogP contribution in [-0.4, -0.2) is 12.9 Å². The highest BCUT2D eigenvalue weighted by Crippen LogP contribution is 2.34. The fraction of sp³-hybridized carbons (Fsp3) is 0.211. The molecule has 0 amide bonds. The smallest absolute Gasteiger partial charge is 0.158 e. The quantitative estimate of drug-likeness (QED) is 0.845. The van der Waals surface area contributed by atoms with Gasteiger partial charge in [-0.15, -0.1) is 0 Å². The van der Waals surface area contributed by atoms with E-state index < -0.39 is 0 Å². The van der Waals surface area contributed by atoms with Gasteiger partial charge in [0.25, 0.3) is 0 Å². The van der Waals surface area contributed by atoms with Gasteiger partial charge in [-0.2, -0.15) is 0 Å². The van der Waals surface area contributed by atoms with Crippen LogP contribution in [0, 0.1) is 0 Å². The third-order valence-corrected chi connectivity index (χ3v) is 4.07. The fourth-order valence-electron chi connectivity index (χ4n) is 2.89. The lowest BCUT2D eigenvalue weighted by Crippen LogP contribution is -2.17. The minimum absolute atomic E-state index is 0.126. The Morgan fingerprint density at radius 1 is 1.13 bits per heavy atom. The summed E-state index contributed by atoms with van der Waals surface area (Å²) in [6.45, 7) is 0. The number of nitrogens with two attached hydrogens (primary N) is 1. The first-order chi connectivity index (χ1) is 11.2. The van der Waals surface area contributed by atoms with E-state index in [0.717, 1.165) is 29.1 Å². The molecule has 3 N–H and O–H groups in total. The molecule has 1 aliphatic carbocycles. The van der Waals surface area contributed by atoms with Crippen LogP contribution in [0.1, 0.15) is 24.3 Å². The van der Waals surface area contributed by atoms with Crippen LogP contribution >= 0.6 is 0 Å². The molecule has 0 spiro atoms. The van der Waals surface area contributed by atoms with Crippen LogP contribution in [0.2, 0.25) is 0 Å². The van der Waals surface area contributed by atoms with Crippen LogP contribution in [0.15, 0.2) is 60.3 Å². The third-order valence-electron chi connectivity index (χ3n) is 4.07. The van der Waals surface area contributed by atoms with Crippen molar-refractivity contribution < 1.29 is 9.53 Å². The third kappa shape index (κ3) is 3.54. The number of nitrogen functional groups attached to an aromatic ring is 1. The van der Waals surface area contributed by atoms with Crippen LogP contribution < -0.4 is 15.8 Å². The highest BCUT2D eigenvalue weighted by molar-refractivity contribution is 5.92. The Hall–Kier alpha value is -2.75. The van der Waals surface area contributed by atoms with Crippen molar-refractivity contribution >= 4 is 17.2 Å². The zero-order valence-corrected chi connectivity index (χ0v) is 13.1. The number of para-hydroxylation sites is 2. The SMILES string of the molecule is COc1cccc(C2CC(=O)C=C(Nc3ccccc3N)C2)c1. The maximum absolute atomic E-state index is 12.1.